The lowest BCUT2D eigenvalue weighted by Crippen LogP contribution is -2.17. The van der Waals surface area contributed by atoms with Crippen molar-refractivity contribution in [1.82, 2.24) is 4.98 Å². The molecule has 3 heterocycles. The molecule has 1 amide bonds. The van der Waals surface area contributed by atoms with Gasteiger partial charge >= 0.3 is 0 Å². The van der Waals surface area contributed by atoms with Gasteiger partial charge in [-0.25, -0.2) is 4.98 Å². The molecule has 0 aliphatic rings. The molecule has 0 radical (unpaired) electrons. The van der Waals surface area contributed by atoms with Gasteiger partial charge in [0.25, 0.3) is 5.91 Å². The number of carbonyl (C=O) groups is 1. The van der Waals surface area contributed by atoms with E-state index in [1.807, 2.05) is 50.2 Å². The molecule has 30 heavy (non-hydrogen) atoms. The minimum atomic E-state index is -0.290. The van der Waals surface area contributed by atoms with Gasteiger partial charge in [-0.3, -0.25) is 4.79 Å². The number of nitrogens with zero attached hydrogens (tertiary/aromatic N) is 1. The number of amides is 1. The molecule has 152 valence electrons. The number of carbonyl (C=O) groups excluding carboxylic acids is 1. The van der Waals surface area contributed by atoms with Gasteiger partial charge in [0.15, 0.2) is 5.76 Å². The van der Waals surface area contributed by atoms with E-state index in [1.165, 1.54) is 17.6 Å². The zero-order valence-electron chi connectivity index (χ0n) is 16.5. The number of thiophene rings is 1. The number of hydrogen-bond acceptors (Lipinski definition) is 5. The van der Waals surface area contributed by atoms with Crippen molar-refractivity contribution < 1.29 is 9.21 Å². The van der Waals surface area contributed by atoms with Crippen LogP contribution in [0, 0.1) is 13.8 Å². The molecule has 2 N–H and O–H groups in total. The normalized spacial score (nSPS) is 11.8. The molecule has 1 unspecified atom stereocenters. The molecule has 1 atom stereocenters. The summed E-state index contributed by atoms with van der Waals surface area (Å²) in [5.74, 6) is 0.716. The molecular weight excluding hydrogens is 418 g/mol. The van der Waals surface area contributed by atoms with Gasteiger partial charge in [-0.15, -0.1) is 11.3 Å². The van der Waals surface area contributed by atoms with E-state index < -0.39 is 0 Å². The minimum absolute atomic E-state index is 0.255. The van der Waals surface area contributed by atoms with Gasteiger partial charge in [0, 0.05) is 21.7 Å². The number of pyridine rings is 1. The van der Waals surface area contributed by atoms with Crippen LogP contribution in [0.5, 0.6) is 0 Å². The molecule has 0 aliphatic carbocycles. The SMILES string of the molecule is Cc1ccnc(NC(c2cccc(Cl)c2)c2cc(C)sc2NC(=O)c2ccco2)c1. The monoisotopic (exact) mass is 437 g/mol. The molecule has 4 aromatic rings. The number of benzene rings is 1. The fraction of sp³-hybridized carbons (Fsp3) is 0.130. The van der Waals surface area contributed by atoms with Crippen LogP contribution in [0.25, 0.3) is 0 Å². The summed E-state index contributed by atoms with van der Waals surface area (Å²) in [5, 5.41) is 7.88. The van der Waals surface area contributed by atoms with Crippen LogP contribution in [-0.2, 0) is 0 Å². The number of rotatable bonds is 6. The van der Waals surface area contributed by atoms with Crippen molar-refractivity contribution in [1.29, 1.82) is 0 Å². The van der Waals surface area contributed by atoms with E-state index in [1.54, 1.807) is 18.3 Å². The highest BCUT2D eigenvalue weighted by molar-refractivity contribution is 7.16. The number of nitrogens with one attached hydrogen (secondary N) is 2. The first-order valence-corrected chi connectivity index (χ1v) is 10.6. The van der Waals surface area contributed by atoms with E-state index in [9.17, 15) is 4.79 Å². The average molecular weight is 438 g/mol. The van der Waals surface area contributed by atoms with Crippen LogP contribution in [0.4, 0.5) is 10.8 Å². The summed E-state index contributed by atoms with van der Waals surface area (Å²) in [6.07, 6.45) is 3.25. The summed E-state index contributed by atoms with van der Waals surface area (Å²) < 4.78 is 5.23. The van der Waals surface area contributed by atoms with Crippen molar-refractivity contribution in [2.75, 3.05) is 10.6 Å². The quantitative estimate of drug-likeness (QED) is 0.363. The van der Waals surface area contributed by atoms with Gasteiger partial charge in [-0.05, 0) is 67.4 Å². The van der Waals surface area contributed by atoms with E-state index in [4.69, 9.17) is 16.0 Å². The van der Waals surface area contributed by atoms with E-state index in [-0.39, 0.29) is 17.7 Å². The van der Waals surface area contributed by atoms with Gasteiger partial charge < -0.3 is 15.1 Å². The first kappa shape index (κ1) is 20.2. The Hall–Kier alpha value is -3.09. The molecule has 7 heteroatoms. The van der Waals surface area contributed by atoms with Crippen LogP contribution in [-0.4, -0.2) is 10.9 Å². The number of hydrogen-bond donors (Lipinski definition) is 2. The third-order valence-corrected chi connectivity index (χ3v) is 5.77. The second-order valence-corrected chi connectivity index (χ2v) is 8.62. The third-order valence-electron chi connectivity index (χ3n) is 4.56. The molecular formula is C23H20ClN3O2S. The summed E-state index contributed by atoms with van der Waals surface area (Å²) in [5.41, 5.74) is 3.00. The molecule has 5 nitrogen and oxygen atoms in total. The van der Waals surface area contributed by atoms with Crippen LogP contribution in [0.1, 0.15) is 38.2 Å². The Kier molecular flexibility index (Phi) is 5.88. The van der Waals surface area contributed by atoms with Crippen molar-refractivity contribution in [3.8, 4) is 0 Å². The standard InChI is InChI=1S/C23H20ClN3O2S/c1-14-8-9-25-20(11-14)26-21(16-5-3-6-17(24)13-16)18-12-15(2)30-23(18)27-22(28)19-7-4-10-29-19/h3-13,21H,1-2H3,(H,25,26)(H,27,28). The van der Waals surface area contributed by atoms with E-state index in [2.05, 4.69) is 21.7 Å². The summed E-state index contributed by atoms with van der Waals surface area (Å²) in [7, 11) is 0. The maximum atomic E-state index is 12.6. The smallest absolute Gasteiger partial charge is 0.291 e. The number of aryl methyl sites for hydroxylation is 2. The van der Waals surface area contributed by atoms with Gasteiger partial charge in [-0.1, -0.05) is 23.7 Å². The first-order chi connectivity index (χ1) is 14.5. The largest absolute Gasteiger partial charge is 0.459 e. The highest BCUT2D eigenvalue weighted by Gasteiger charge is 2.23. The summed E-state index contributed by atoms with van der Waals surface area (Å²) in [4.78, 5) is 18.1. The Morgan fingerprint density at radius 1 is 1.13 bits per heavy atom. The van der Waals surface area contributed by atoms with Crippen molar-refractivity contribution >= 4 is 39.7 Å². The Balaban J connectivity index is 1.74. The molecule has 0 fully saturated rings. The van der Waals surface area contributed by atoms with Crippen LogP contribution in [0.15, 0.2) is 71.5 Å². The van der Waals surface area contributed by atoms with E-state index in [0.29, 0.717) is 5.02 Å². The maximum absolute atomic E-state index is 12.6. The topological polar surface area (TPSA) is 67.2 Å². The third kappa shape index (κ3) is 4.56. The lowest BCUT2D eigenvalue weighted by molar-refractivity contribution is 0.0997. The summed E-state index contributed by atoms with van der Waals surface area (Å²) in [6.45, 7) is 4.03. The van der Waals surface area contributed by atoms with Crippen LogP contribution < -0.4 is 10.6 Å². The Labute approximate surface area is 183 Å². The molecule has 0 saturated carbocycles. The molecule has 1 aromatic carbocycles. The zero-order chi connectivity index (χ0) is 21.1. The minimum Gasteiger partial charge on any atom is -0.459 e. The molecule has 3 aromatic heterocycles. The van der Waals surface area contributed by atoms with Crippen LogP contribution in [0.3, 0.4) is 0 Å². The zero-order valence-corrected chi connectivity index (χ0v) is 18.1. The molecule has 4 rings (SSSR count). The van der Waals surface area contributed by atoms with Crippen molar-refractivity contribution in [2.24, 2.45) is 0 Å². The molecule has 0 aliphatic heterocycles. The van der Waals surface area contributed by atoms with Crippen molar-refractivity contribution in [2.45, 2.75) is 19.9 Å². The van der Waals surface area contributed by atoms with Gasteiger partial charge in [-0.2, -0.15) is 0 Å². The lowest BCUT2D eigenvalue weighted by Gasteiger charge is -2.21. The number of furan rings is 1. The van der Waals surface area contributed by atoms with Gasteiger partial charge in [0.2, 0.25) is 0 Å². The molecule has 0 spiro atoms. The van der Waals surface area contributed by atoms with Crippen molar-refractivity contribution in [3.05, 3.63) is 99.4 Å². The number of anilines is 2. The second kappa shape index (κ2) is 8.73. The molecule has 0 saturated heterocycles. The fourth-order valence-corrected chi connectivity index (χ4v) is 4.35. The van der Waals surface area contributed by atoms with E-state index in [0.717, 1.165) is 32.4 Å². The highest BCUT2D eigenvalue weighted by atomic mass is 35.5. The van der Waals surface area contributed by atoms with Crippen LogP contribution in [0.2, 0.25) is 5.02 Å². The van der Waals surface area contributed by atoms with Gasteiger partial charge in [0.1, 0.15) is 10.8 Å². The summed E-state index contributed by atoms with van der Waals surface area (Å²) in [6, 6.07) is 16.7. The second-order valence-electron chi connectivity index (χ2n) is 6.92. The maximum Gasteiger partial charge on any atom is 0.291 e. The predicted molar refractivity (Wildman–Crippen MR) is 122 cm³/mol. The van der Waals surface area contributed by atoms with Crippen LogP contribution >= 0.6 is 22.9 Å². The Morgan fingerprint density at radius 3 is 2.73 bits per heavy atom. The number of halogens is 1. The first-order valence-electron chi connectivity index (χ1n) is 9.39. The van der Waals surface area contributed by atoms with Crippen molar-refractivity contribution in [3.63, 3.8) is 0 Å². The fourth-order valence-electron chi connectivity index (χ4n) is 3.21. The molecule has 0 bridgehead atoms. The Bertz CT molecular complexity index is 1170. The summed E-state index contributed by atoms with van der Waals surface area (Å²) >= 11 is 7.79. The highest BCUT2D eigenvalue weighted by Crippen LogP contribution is 2.38. The predicted octanol–water partition coefficient (Wildman–Crippen LogP) is 6.46. The van der Waals surface area contributed by atoms with E-state index >= 15 is 0 Å². The lowest BCUT2D eigenvalue weighted by atomic mass is 10.00. The average Bonchev–Trinajstić information content (AvgIpc) is 3.36. The van der Waals surface area contributed by atoms with Gasteiger partial charge in [0.05, 0.1) is 12.3 Å². The Morgan fingerprint density at radius 2 is 2.00 bits per heavy atom. The number of aromatic nitrogens is 1.